The van der Waals surface area contributed by atoms with Crippen molar-refractivity contribution in [3.63, 3.8) is 0 Å². The molecule has 0 fully saturated rings. The summed E-state index contributed by atoms with van der Waals surface area (Å²) in [6.45, 7) is 8.23. The van der Waals surface area contributed by atoms with Gasteiger partial charge < -0.3 is 21.1 Å². The maximum absolute atomic E-state index is 11.4. The number of aryl methyl sites for hydroxylation is 2. The van der Waals surface area contributed by atoms with E-state index in [0.29, 0.717) is 5.69 Å². The van der Waals surface area contributed by atoms with E-state index in [4.69, 9.17) is 0 Å². The van der Waals surface area contributed by atoms with Gasteiger partial charge in [0.05, 0.1) is 11.4 Å². The van der Waals surface area contributed by atoms with Crippen LogP contribution >= 0.6 is 0 Å². The number of carbonyl (C=O) groups is 1. The van der Waals surface area contributed by atoms with E-state index >= 15 is 0 Å². The van der Waals surface area contributed by atoms with Gasteiger partial charge in [0.15, 0.2) is 0 Å². The molecule has 0 saturated heterocycles. The van der Waals surface area contributed by atoms with Gasteiger partial charge in [-0.25, -0.2) is 0 Å². The zero-order valence-corrected chi connectivity index (χ0v) is 13.9. The Kier molecular flexibility index (Phi) is 5.11. The summed E-state index contributed by atoms with van der Waals surface area (Å²) in [5.41, 5.74) is 5.18. The van der Waals surface area contributed by atoms with Crippen LogP contribution in [-0.2, 0) is 4.79 Å². The van der Waals surface area contributed by atoms with E-state index in [1.165, 1.54) is 6.92 Å². The van der Waals surface area contributed by atoms with Crippen molar-refractivity contribution < 1.29 is 9.90 Å². The Bertz CT molecular complexity index is 726. The van der Waals surface area contributed by atoms with Gasteiger partial charge in [-0.2, -0.15) is 0 Å². The molecule has 0 aliphatic carbocycles. The molecule has 122 valence electrons. The fourth-order valence-corrected chi connectivity index (χ4v) is 2.38. The number of nitrogens with one attached hydrogen (secondary N) is 3. The van der Waals surface area contributed by atoms with Crippen molar-refractivity contribution in [2.24, 2.45) is 0 Å². The maximum Gasteiger partial charge on any atom is 0.221 e. The standard InChI is InChI=1S/C18H23N3O2/c1-5-19-15-7-6-14(8-11(15)2)21-16-9-12(3)18(23)10-17(16)20-13(4)22/h6-10,19,21,23H,5H2,1-4H3,(H,20,22). The SMILES string of the molecule is CCNc1ccc(Nc2cc(C)c(O)cc2NC(C)=O)cc1C. The van der Waals surface area contributed by atoms with Crippen LogP contribution in [0.1, 0.15) is 25.0 Å². The zero-order chi connectivity index (χ0) is 17.0. The van der Waals surface area contributed by atoms with Gasteiger partial charge in [-0.15, -0.1) is 0 Å². The van der Waals surface area contributed by atoms with Gasteiger partial charge in [0.1, 0.15) is 5.75 Å². The van der Waals surface area contributed by atoms with E-state index in [0.717, 1.165) is 34.7 Å². The van der Waals surface area contributed by atoms with Gasteiger partial charge in [0, 0.05) is 30.9 Å². The summed E-state index contributed by atoms with van der Waals surface area (Å²) in [6.07, 6.45) is 0. The molecule has 0 radical (unpaired) electrons. The quantitative estimate of drug-likeness (QED) is 0.626. The first-order valence-corrected chi connectivity index (χ1v) is 7.63. The lowest BCUT2D eigenvalue weighted by atomic mass is 10.1. The van der Waals surface area contributed by atoms with E-state index in [-0.39, 0.29) is 11.7 Å². The lowest BCUT2D eigenvalue weighted by Gasteiger charge is -2.16. The molecule has 2 rings (SSSR count). The average molecular weight is 313 g/mol. The highest BCUT2D eigenvalue weighted by Gasteiger charge is 2.09. The van der Waals surface area contributed by atoms with Gasteiger partial charge >= 0.3 is 0 Å². The molecule has 4 N–H and O–H groups in total. The molecule has 5 nitrogen and oxygen atoms in total. The Morgan fingerprint density at radius 3 is 2.39 bits per heavy atom. The zero-order valence-electron chi connectivity index (χ0n) is 13.9. The molecule has 0 spiro atoms. The summed E-state index contributed by atoms with van der Waals surface area (Å²) in [7, 11) is 0. The van der Waals surface area contributed by atoms with E-state index in [1.54, 1.807) is 6.07 Å². The summed E-state index contributed by atoms with van der Waals surface area (Å²) >= 11 is 0. The smallest absolute Gasteiger partial charge is 0.221 e. The van der Waals surface area contributed by atoms with Crippen LogP contribution in [-0.4, -0.2) is 17.6 Å². The summed E-state index contributed by atoms with van der Waals surface area (Å²) < 4.78 is 0. The van der Waals surface area contributed by atoms with Crippen molar-refractivity contribution in [1.29, 1.82) is 0 Å². The number of hydrogen-bond acceptors (Lipinski definition) is 4. The highest BCUT2D eigenvalue weighted by Crippen LogP contribution is 2.33. The van der Waals surface area contributed by atoms with E-state index in [2.05, 4.69) is 22.9 Å². The van der Waals surface area contributed by atoms with Crippen molar-refractivity contribution in [1.82, 2.24) is 0 Å². The third-order valence-corrected chi connectivity index (χ3v) is 3.52. The van der Waals surface area contributed by atoms with Gasteiger partial charge in [0.25, 0.3) is 0 Å². The third kappa shape index (κ3) is 4.16. The fraction of sp³-hybridized carbons (Fsp3) is 0.278. The molecule has 2 aromatic rings. The molecule has 0 atom stereocenters. The molecule has 0 saturated carbocycles. The molecular weight excluding hydrogens is 290 g/mol. The largest absolute Gasteiger partial charge is 0.508 e. The highest BCUT2D eigenvalue weighted by atomic mass is 16.3. The lowest BCUT2D eigenvalue weighted by Crippen LogP contribution is -2.08. The molecule has 5 heteroatoms. The minimum Gasteiger partial charge on any atom is -0.508 e. The molecule has 1 amide bonds. The molecule has 0 heterocycles. The molecule has 23 heavy (non-hydrogen) atoms. The van der Waals surface area contributed by atoms with Crippen molar-refractivity contribution >= 4 is 28.7 Å². The molecule has 0 aliphatic rings. The topological polar surface area (TPSA) is 73.4 Å². The summed E-state index contributed by atoms with van der Waals surface area (Å²) in [5.74, 6) is -0.0343. The first kappa shape index (κ1) is 16.7. The number of hydrogen-bond donors (Lipinski definition) is 4. The van der Waals surface area contributed by atoms with E-state index in [9.17, 15) is 9.90 Å². The predicted molar refractivity (Wildman–Crippen MR) is 95.8 cm³/mol. The molecule has 0 bridgehead atoms. The van der Waals surface area contributed by atoms with E-state index < -0.39 is 0 Å². The predicted octanol–water partition coefficient (Wildman–Crippen LogP) is 4.14. The Labute approximate surface area is 136 Å². The van der Waals surface area contributed by atoms with Crippen LogP contribution in [0, 0.1) is 13.8 Å². The number of rotatable bonds is 5. The molecule has 2 aromatic carbocycles. The lowest BCUT2D eigenvalue weighted by molar-refractivity contribution is -0.114. The molecule has 0 unspecified atom stereocenters. The van der Waals surface area contributed by atoms with Crippen molar-refractivity contribution in [3.8, 4) is 5.75 Å². The Balaban J connectivity index is 2.33. The number of carbonyl (C=O) groups excluding carboxylic acids is 1. The summed E-state index contributed by atoms with van der Waals surface area (Å²) in [4.78, 5) is 11.4. The number of anilines is 4. The summed E-state index contributed by atoms with van der Waals surface area (Å²) in [6, 6.07) is 9.40. The Morgan fingerprint density at radius 1 is 1.04 bits per heavy atom. The number of amides is 1. The van der Waals surface area contributed by atoms with Crippen molar-refractivity contribution in [2.45, 2.75) is 27.7 Å². The molecule has 0 aliphatic heterocycles. The Hall–Kier alpha value is -2.69. The summed E-state index contributed by atoms with van der Waals surface area (Å²) in [5, 5.41) is 19.2. The van der Waals surface area contributed by atoms with Crippen LogP contribution in [0.25, 0.3) is 0 Å². The van der Waals surface area contributed by atoms with Crippen molar-refractivity contribution in [2.75, 3.05) is 22.5 Å². The fourth-order valence-electron chi connectivity index (χ4n) is 2.38. The first-order chi connectivity index (χ1) is 10.9. The third-order valence-electron chi connectivity index (χ3n) is 3.52. The minimum atomic E-state index is -0.185. The first-order valence-electron chi connectivity index (χ1n) is 7.63. The van der Waals surface area contributed by atoms with Crippen LogP contribution in [0.5, 0.6) is 5.75 Å². The van der Waals surface area contributed by atoms with Gasteiger partial charge in [-0.3, -0.25) is 4.79 Å². The normalized spacial score (nSPS) is 10.3. The van der Waals surface area contributed by atoms with Crippen LogP contribution < -0.4 is 16.0 Å². The molecular formula is C18H23N3O2. The second kappa shape index (κ2) is 7.05. The average Bonchev–Trinajstić information content (AvgIpc) is 2.47. The second-order valence-electron chi connectivity index (χ2n) is 5.55. The Morgan fingerprint density at radius 2 is 1.78 bits per heavy atom. The number of phenolic OH excluding ortho intramolecular Hbond substituents is 1. The van der Waals surface area contributed by atoms with Crippen LogP contribution in [0.3, 0.4) is 0 Å². The maximum atomic E-state index is 11.4. The second-order valence-corrected chi connectivity index (χ2v) is 5.55. The minimum absolute atomic E-state index is 0.151. The van der Waals surface area contributed by atoms with Gasteiger partial charge in [0.2, 0.25) is 5.91 Å². The highest BCUT2D eigenvalue weighted by molar-refractivity contribution is 5.94. The molecule has 0 aromatic heterocycles. The van der Waals surface area contributed by atoms with E-state index in [1.807, 2.05) is 38.1 Å². The van der Waals surface area contributed by atoms with Crippen molar-refractivity contribution in [3.05, 3.63) is 41.5 Å². The van der Waals surface area contributed by atoms with Crippen LogP contribution in [0.15, 0.2) is 30.3 Å². The number of aromatic hydroxyl groups is 1. The van der Waals surface area contributed by atoms with Crippen LogP contribution in [0.4, 0.5) is 22.7 Å². The van der Waals surface area contributed by atoms with Gasteiger partial charge in [-0.1, -0.05) is 0 Å². The van der Waals surface area contributed by atoms with Gasteiger partial charge in [-0.05, 0) is 56.2 Å². The number of phenols is 1. The monoisotopic (exact) mass is 313 g/mol. The number of benzene rings is 2. The van der Waals surface area contributed by atoms with Crippen LogP contribution in [0.2, 0.25) is 0 Å².